The Morgan fingerprint density at radius 2 is 2.04 bits per heavy atom. The number of likely N-dealkylation sites (tertiary alicyclic amines) is 1. The maximum atomic E-state index is 12.7. The van der Waals surface area contributed by atoms with Crippen LogP contribution in [0.15, 0.2) is 24.3 Å². The van der Waals surface area contributed by atoms with Gasteiger partial charge < -0.3 is 15.5 Å². The number of aryl methyl sites for hydroxylation is 1. The molecule has 0 aliphatic carbocycles. The minimum Gasteiger partial charge on any atom is -0.341 e. The van der Waals surface area contributed by atoms with Crippen LogP contribution in [0, 0.1) is 5.41 Å². The van der Waals surface area contributed by atoms with Crippen molar-refractivity contribution < 1.29 is 9.59 Å². The summed E-state index contributed by atoms with van der Waals surface area (Å²) in [6.45, 7) is 4.26. The molecule has 2 aliphatic rings. The third-order valence-electron chi connectivity index (χ3n) is 5.12. The van der Waals surface area contributed by atoms with E-state index in [1.165, 1.54) is 0 Å². The summed E-state index contributed by atoms with van der Waals surface area (Å²) in [5, 5.41) is 0. The van der Waals surface area contributed by atoms with Crippen LogP contribution in [0.1, 0.15) is 31.7 Å². The van der Waals surface area contributed by atoms with E-state index in [0.29, 0.717) is 19.5 Å². The minimum absolute atomic E-state index is 0. The number of rotatable bonds is 3. The zero-order chi connectivity index (χ0) is 16.4. The lowest BCUT2D eigenvalue weighted by Crippen LogP contribution is -2.43. The number of carbonyl (C=O) groups is 2. The predicted octanol–water partition coefficient (Wildman–Crippen LogP) is 1.98. The molecule has 5 nitrogen and oxygen atoms in total. The number of anilines is 1. The summed E-state index contributed by atoms with van der Waals surface area (Å²) in [6, 6.07) is 7.91. The van der Waals surface area contributed by atoms with E-state index < -0.39 is 0 Å². The van der Waals surface area contributed by atoms with E-state index in [1.54, 1.807) is 4.90 Å². The van der Waals surface area contributed by atoms with Gasteiger partial charge in [0.1, 0.15) is 6.54 Å². The zero-order valence-electron chi connectivity index (χ0n) is 14.2. The first-order valence-corrected chi connectivity index (χ1v) is 8.38. The van der Waals surface area contributed by atoms with Crippen LogP contribution >= 0.6 is 12.4 Å². The summed E-state index contributed by atoms with van der Waals surface area (Å²) in [4.78, 5) is 28.6. The first kappa shape index (κ1) is 18.7. The summed E-state index contributed by atoms with van der Waals surface area (Å²) >= 11 is 0. The smallest absolute Gasteiger partial charge is 0.242 e. The molecule has 0 spiro atoms. The van der Waals surface area contributed by atoms with Gasteiger partial charge in [-0.05, 0) is 42.9 Å². The van der Waals surface area contributed by atoms with E-state index in [4.69, 9.17) is 5.73 Å². The summed E-state index contributed by atoms with van der Waals surface area (Å²) in [5.74, 6) is 0.0660. The van der Waals surface area contributed by atoms with Crippen LogP contribution < -0.4 is 10.6 Å². The lowest BCUT2D eigenvalue weighted by molar-refractivity contribution is -0.130. The first-order valence-electron chi connectivity index (χ1n) is 8.38. The summed E-state index contributed by atoms with van der Waals surface area (Å²) < 4.78 is 0. The van der Waals surface area contributed by atoms with Gasteiger partial charge in [0.15, 0.2) is 0 Å². The molecule has 1 aromatic rings. The van der Waals surface area contributed by atoms with Gasteiger partial charge in [-0.1, -0.05) is 25.1 Å². The van der Waals surface area contributed by atoms with Crippen molar-refractivity contribution in [3.63, 3.8) is 0 Å². The highest BCUT2D eigenvalue weighted by molar-refractivity contribution is 5.99. The molecule has 3 rings (SSSR count). The van der Waals surface area contributed by atoms with Crippen LogP contribution in [-0.2, 0) is 16.0 Å². The second-order valence-corrected chi connectivity index (χ2v) is 7.04. The van der Waals surface area contributed by atoms with Gasteiger partial charge in [0.2, 0.25) is 11.8 Å². The van der Waals surface area contributed by atoms with Crippen LogP contribution in [0.4, 0.5) is 5.69 Å². The number of fused-ring (bicyclic) bond motifs is 1. The fourth-order valence-electron chi connectivity index (χ4n) is 3.50. The molecule has 1 aromatic carbocycles. The highest BCUT2D eigenvalue weighted by Crippen LogP contribution is 2.30. The standard InChI is InChI=1S/C18H25N3O2.ClH/c1-18(12-19)9-10-20(13-18)17(23)11-21-15-7-3-2-5-14(15)6-4-8-16(21)22;/h2-3,5,7H,4,6,8-13,19H2,1H3;1H. The number of amides is 2. The highest BCUT2D eigenvalue weighted by atomic mass is 35.5. The number of para-hydroxylation sites is 1. The first-order chi connectivity index (χ1) is 11.0. The predicted molar refractivity (Wildman–Crippen MR) is 97.3 cm³/mol. The molecular formula is C18H26ClN3O2. The van der Waals surface area contributed by atoms with Crippen molar-refractivity contribution in [1.29, 1.82) is 0 Å². The van der Waals surface area contributed by atoms with Gasteiger partial charge in [-0.25, -0.2) is 0 Å². The number of halogens is 1. The van der Waals surface area contributed by atoms with Gasteiger partial charge in [-0.15, -0.1) is 12.4 Å². The molecule has 132 valence electrons. The van der Waals surface area contributed by atoms with Gasteiger partial charge in [0.25, 0.3) is 0 Å². The Labute approximate surface area is 149 Å². The fraction of sp³-hybridized carbons (Fsp3) is 0.556. The highest BCUT2D eigenvalue weighted by Gasteiger charge is 2.36. The zero-order valence-corrected chi connectivity index (χ0v) is 15.0. The van der Waals surface area contributed by atoms with E-state index in [2.05, 4.69) is 6.92 Å². The molecule has 0 aromatic heterocycles. The Morgan fingerprint density at radius 1 is 1.29 bits per heavy atom. The molecule has 2 heterocycles. The Bertz CT molecular complexity index is 622. The van der Waals surface area contributed by atoms with Crippen LogP contribution in [0.5, 0.6) is 0 Å². The van der Waals surface area contributed by atoms with Crippen LogP contribution in [0.3, 0.4) is 0 Å². The molecule has 0 radical (unpaired) electrons. The van der Waals surface area contributed by atoms with Crippen molar-refractivity contribution in [3.05, 3.63) is 29.8 Å². The number of nitrogens with two attached hydrogens (primary N) is 1. The average molecular weight is 352 g/mol. The van der Waals surface area contributed by atoms with E-state index in [1.807, 2.05) is 29.2 Å². The second kappa shape index (κ2) is 7.53. The van der Waals surface area contributed by atoms with Crippen molar-refractivity contribution in [2.24, 2.45) is 11.1 Å². The van der Waals surface area contributed by atoms with Crippen molar-refractivity contribution in [2.45, 2.75) is 32.6 Å². The molecule has 6 heteroatoms. The Morgan fingerprint density at radius 3 is 2.75 bits per heavy atom. The second-order valence-electron chi connectivity index (χ2n) is 7.04. The SMILES string of the molecule is CC1(CN)CCN(C(=O)CN2C(=O)CCCc3ccccc32)C1.Cl. The molecular weight excluding hydrogens is 326 g/mol. The van der Waals surface area contributed by atoms with Gasteiger partial charge in [-0.2, -0.15) is 0 Å². The Balaban J connectivity index is 0.00000208. The molecule has 1 saturated heterocycles. The van der Waals surface area contributed by atoms with Crippen LogP contribution in [0.25, 0.3) is 0 Å². The molecule has 0 bridgehead atoms. The Hall–Kier alpha value is -1.59. The Kier molecular flexibility index (Phi) is 5.88. The molecule has 1 fully saturated rings. The number of benzene rings is 1. The largest absolute Gasteiger partial charge is 0.341 e. The van der Waals surface area contributed by atoms with Gasteiger partial charge in [0.05, 0.1) is 0 Å². The summed E-state index contributed by atoms with van der Waals surface area (Å²) in [5.41, 5.74) is 7.87. The van der Waals surface area contributed by atoms with Crippen LogP contribution in [-0.4, -0.2) is 42.9 Å². The number of nitrogens with zero attached hydrogens (tertiary/aromatic N) is 2. The number of hydrogen-bond acceptors (Lipinski definition) is 3. The van der Waals surface area contributed by atoms with E-state index in [-0.39, 0.29) is 36.2 Å². The third-order valence-corrected chi connectivity index (χ3v) is 5.12. The van der Waals surface area contributed by atoms with Gasteiger partial charge in [-0.3, -0.25) is 9.59 Å². The number of carbonyl (C=O) groups excluding carboxylic acids is 2. The normalized spacial score (nSPS) is 23.5. The summed E-state index contributed by atoms with van der Waals surface area (Å²) in [7, 11) is 0. The molecule has 24 heavy (non-hydrogen) atoms. The van der Waals surface area contributed by atoms with E-state index >= 15 is 0 Å². The molecule has 2 amide bonds. The van der Waals surface area contributed by atoms with E-state index in [0.717, 1.165) is 37.1 Å². The van der Waals surface area contributed by atoms with Gasteiger partial charge in [0, 0.05) is 25.2 Å². The quantitative estimate of drug-likeness (QED) is 0.905. The fourth-order valence-corrected chi connectivity index (χ4v) is 3.50. The van der Waals surface area contributed by atoms with Crippen molar-refractivity contribution in [1.82, 2.24) is 4.90 Å². The molecule has 2 N–H and O–H groups in total. The molecule has 1 atom stereocenters. The number of hydrogen-bond donors (Lipinski definition) is 1. The lowest BCUT2D eigenvalue weighted by Gasteiger charge is -2.27. The lowest BCUT2D eigenvalue weighted by atomic mass is 9.90. The van der Waals surface area contributed by atoms with Crippen molar-refractivity contribution in [2.75, 3.05) is 31.1 Å². The van der Waals surface area contributed by atoms with E-state index in [9.17, 15) is 9.59 Å². The van der Waals surface area contributed by atoms with Gasteiger partial charge >= 0.3 is 0 Å². The van der Waals surface area contributed by atoms with Crippen molar-refractivity contribution in [3.8, 4) is 0 Å². The van der Waals surface area contributed by atoms with Crippen molar-refractivity contribution >= 4 is 29.9 Å². The maximum absolute atomic E-state index is 12.7. The monoisotopic (exact) mass is 351 g/mol. The molecule has 2 aliphatic heterocycles. The third kappa shape index (κ3) is 3.73. The minimum atomic E-state index is 0. The van der Waals surface area contributed by atoms with Crippen LogP contribution in [0.2, 0.25) is 0 Å². The topological polar surface area (TPSA) is 66.6 Å². The molecule has 0 saturated carbocycles. The average Bonchev–Trinajstić information content (AvgIpc) is 2.89. The maximum Gasteiger partial charge on any atom is 0.242 e. The molecule has 1 unspecified atom stereocenters. The summed E-state index contributed by atoms with van der Waals surface area (Å²) in [6.07, 6.45) is 3.17.